The lowest BCUT2D eigenvalue weighted by atomic mass is 9.77. The van der Waals surface area contributed by atoms with Gasteiger partial charge in [0, 0.05) is 22.7 Å². The second kappa shape index (κ2) is 5.73. The largest absolute Gasteiger partial charge is 0.354 e. The highest BCUT2D eigenvalue weighted by Crippen LogP contribution is 2.39. The molecule has 1 aromatic rings. The summed E-state index contributed by atoms with van der Waals surface area (Å²) in [6.07, 6.45) is 3.25. The first-order valence-electron chi connectivity index (χ1n) is 6.46. The van der Waals surface area contributed by atoms with Crippen molar-refractivity contribution in [2.45, 2.75) is 35.6 Å². The summed E-state index contributed by atoms with van der Waals surface area (Å²) in [5.74, 6) is 0.974. The number of fused-ring (bicyclic) bond motifs is 1. The maximum Gasteiger partial charge on any atom is 0.228 e. The molecule has 1 aliphatic carbocycles. The van der Waals surface area contributed by atoms with Gasteiger partial charge in [0.15, 0.2) is 0 Å². The lowest BCUT2D eigenvalue weighted by molar-refractivity contribution is -0.122. The summed E-state index contributed by atoms with van der Waals surface area (Å²) < 4.78 is 0. The van der Waals surface area contributed by atoms with Crippen LogP contribution in [0.25, 0.3) is 0 Å². The first-order chi connectivity index (χ1) is 8.68. The maximum atomic E-state index is 12.2. The SMILES string of the molecule is Cl.NC1(CNC(=O)C2CSc3ccccc32)CCC1. The van der Waals surface area contributed by atoms with Gasteiger partial charge in [-0.1, -0.05) is 18.2 Å². The second-order valence-electron chi connectivity index (χ2n) is 5.34. The predicted molar refractivity (Wildman–Crippen MR) is 80.9 cm³/mol. The van der Waals surface area contributed by atoms with Gasteiger partial charge < -0.3 is 11.1 Å². The van der Waals surface area contributed by atoms with Crippen LogP contribution in [0, 0.1) is 0 Å². The average molecular weight is 299 g/mol. The van der Waals surface area contributed by atoms with Crippen molar-refractivity contribution in [1.29, 1.82) is 0 Å². The minimum atomic E-state index is -0.138. The van der Waals surface area contributed by atoms with E-state index in [0.29, 0.717) is 6.54 Å². The Labute approximate surface area is 124 Å². The molecule has 3 nitrogen and oxygen atoms in total. The zero-order valence-corrected chi connectivity index (χ0v) is 12.4. The number of nitrogens with two attached hydrogens (primary N) is 1. The van der Waals surface area contributed by atoms with Gasteiger partial charge in [-0.05, 0) is 30.9 Å². The maximum absolute atomic E-state index is 12.2. The van der Waals surface area contributed by atoms with E-state index in [0.717, 1.165) is 18.6 Å². The number of benzene rings is 1. The topological polar surface area (TPSA) is 55.1 Å². The van der Waals surface area contributed by atoms with Crippen molar-refractivity contribution >= 4 is 30.1 Å². The van der Waals surface area contributed by atoms with Crippen molar-refractivity contribution in [3.63, 3.8) is 0 Å². The molecule has 19 heavy (non-hydrogen) atoms. The fraction of sp³-hybridized carbons (Fsp3) is 0.500. The van der Waals surface area contributed by atoms with Crippen LogP contribution >= 0.6 is 24.2 Å². The Bertz CT molecular complexity index is 476. The number of rotatable bonds is 3. The highest BCUT2D eigenvalue weighted by atomic mass is 35.5. The summed E-state index contributed by atoms with van der Waals surface area (Å²) in [6.45, 7) is 0.620. The molecule has 104 valence electrons. The van der Waals surface area contributed by atoms with Crippen molar-refractivity contribution < 1.29 is 4.79 Å². The van der Waals surface area contributed by atoms with Crippen molar-refractivity contribution in [2.24, 2.45) is 5.73 Å². The van der Waals surface area contributed by atoms with E-state index in [1.165, 1.54) is 16.9 Å². The summed E-state index contributed by atoms with van der Waals surface area (Å²) in [5.41, 5.74) is 7.15. The van der Waals surface area contributed by atoms with Crippen molar-refractivity contribution in [2.75, 3.05) is 12.3 Å². The van der Waals surface area contributed by atoms with Gasteiger partial charge in [0.05, 0.1) is 5.92 Å². The molecular weight excluding hydrogens is 280 g/mol. The van der Waals surface area contributed by atoms with E-state index in [1.807, 2.05) is 12.1 Å². The van der Waals surface area contributed by atoms with Crippen LogP contribution in [-0.4, -0.2) is 23.7 Å². The standard InChI is InChI=1S/C14H18N2OS.ClH/c15-14(6-3-7-14)9-16-13(17)11-8-18-12-5-2-1-4-10(11)12;/h1-2,4-5,11H,3,6-9,15H2,(H,16,17);1H. The molecule has 2 aliphatic rings. The van der Waals surface area contributed by atoms with Crippen molar-refractivity contribution in [3.8, 4) is 0 Å². The molecule has 1 amide bonds. The molecule has 0 bridgehead atoms. The molecule has 0 aromatic heterocycles. The van der Waals surface area contributed by atoms with Gasteiger partial charge in [-0.15, -0.1) is 24.2 Å². The summed E-state index contributed by atoms with van der Waals surface area (Å²) in [7, 11) is 0. The molecule has 3 N–H and O–H groups in total. The third-order valence-corrected chi connectivity index (χ3v) is 5.16. The normalized spacial score (nSPS) is 22.9. The van der Waals surface area contributed by atoms with Gasteiger partial charge in [-0.2, -0.15) is 0 Å². The summed E-state index contributed by atoms with van der Waals surface area (Å²) in [6, 6.07) is 8.17. The molecule has 1 fully saturated rings. The van der Waals surface area contributed by atoms with Crippen LogP contribution in [0.3, 0.4) is 0 Å². The van der Waals surface area contributed by atoms with E-state index in [-0.39, 0.29) is 29.8 Å². The molecule has 0 spiro atoms. The molecule has 1 heterocycles. The van der Waals surface area contributed by atoms with Crippen molar-refractivity contribution in [3.05, 3.63) is 29.8 Å². The molecule has 1 saturated carbocycles. The van der Waals surface area contributed by atoms with E-state index in [1.54, 1.807) is 11.8 Å². The van der Waals surface area contributed by atoms with Crippen LogP contribution in [0.5, 0.6) is 0 Å². The first-order valence-corrected chi connectivity index (χ1v) is 7.45. The van der Waals surface area contributed by atoms with Gasteiger partial charge in [-0.3, -0.25) is 4.79 Å². The Morgan fingerprint density at radius 3 is 2.84 bits per heavy atom. The minimum absolute atomic E-state index is 0. The Balaban J connectivity index is 0.00000133. The predicted octanol–water partition coefficient (Wildman–Crippen LogP) is 2.30. The number of nitrogens with one attached hydrogen (secondary N) is 1. The highest BCUT2D eigenvalue weighted by molar-refractivity contribution is 7.99. The Kier molecular flexibility index (Phi) is 4.43. The number of amides is 1. The summed E-state index contributed by atoms with van der Waals surface area (Å²) >= 11 is 1.77. The lowest BCUT2D eigenvalue weighted by Gasteiger charge is -2.38. The average Bonchev–Trinajstić information content (AvgIpc) is 2.77. The second-order valence-corrected chi connectivity index (χ2v) is 6.40. The molecule has 1 aliphatic heterocycles. The molecule has 1 atom stereocenters. The number of carbonyl (C=O) groups excluding carboxylic acids is 1. The van der Waals surface area contributed by atoms with E-state index < -0.39 is 0 Å². The van der Waals surface area contributed by atoms with Gasteiger partial charge in [0.2, 0.25) is 5.91 Å². The molecule has 1 aromatic carbocycles. The Hall–Kier alpha value is -0.710. The van der Waals surface area contributed by atoms with Gasteiger partial charge in [-0.25, -0.2) is 0 Å². The van der Waals surface area contributed by atoms with Gasteiger partial charge >= 0.3 is 0 Å². The smallest absolute Gasteiger partial charge is 0.228 e. The zero-order chi connectivity index (χ0) is 12.6. The third-order valence-electron chi connectivity index (χ3n) is 3.98. The number of thioether (sulfide) groups is 1. The van der Waals surface area contributed by atoms with Crippen LogP contribution in [0.15, 0.2) is 29.2 Å². The quantitative estimate of drug-likeness (QED) is 0.900. The number of hydrogen-bond acceptors (Lipinski definition) is 3. The van der Waals surface area contributed by atoms with Crippen molar-refractivity contribution in [1.82, 2.24) is 5.32 Å². The monoisotopic (exact) mass is 298 g/mol. The zero-order valence-electron chi connectivity index (χ0n) is 10.7. The van der Waals surface area contributed by atoms with Gasteiger partial charge in [0.25, 0.3) is 0 Å². The first kappa shape index (κ1) is 14.7. The fourth-order valence-corrected chi connectivity index (χ4v) is 3.80. The Morgan fingerprint density at radius 2 is 2.16 bits per heavy atom. The summed E-state index contributed by atoms with van der Waals surface area (Å²) in [5, 5.41) is 3.03. The van der Waals surface area contributed by atoms with E-state index >= 15 is 0 Å². The van der Waals surface area contributed by atoms with Crippen LogP contribution in [0.2, 0.25) is 0 Å². The van der Waals surface area contributed by atoms with E-state index in [9.17, 15) is 4.79 Å². The molecule has 0 radical (unpaired) electrons. The Morgan fingerprint density at radius 1 is 1.42 bits per heavy atom. The van der Waals surface area contributed by atoms with Crippen LogP contribution in [-0.2, 0) is 4.79 Å². The van der Waals surface area contributed by atoms with Gasteiger partial charge in [0.1, 0.15) is 0 Å². The number of halogens is 1. The summed E-state index contributed by atoms with van der Waals surface area (Å²) in [4.78, 5) is 13.5. The number of hydrogen-bond donors (Lipinski definition) is 2. The van der Waals surface area contributed by atoms with Crippen LogP contribution < -0.4 is 11.1 Å². The molecular formula is C14H19ClN2OS. The van der Waals surface area contributed by atoms with E-state index in [4.69, 9.17) is 5.73 Å². The third kappa shape index (κ3) is 2.91. The molecule has 3 rings (SSSR count). The fourth-order valence-electron chi connectivity index (χ4n) is 2.57. The van der Waals surface area contributed by atoms with Crippen LogP contribution in [0.4, 0.5) is 0 Å². The highest BCUT2D eigenvalue weighted by Gasteiger charge is 2.34. The molecule has 0 saturated heterocycles. The minimum Gasteiger partial charge on any atom is -0.354 e. The molecule has 5 heteroatoms. The number of carbonyl (C=O) groups is 1. The lowest BCUT2D eigenvalue weighted by Crippen LogP contribution is -2.55. The molecule has 1 unspecified atom stereocenters. The van der Waals surface area contributed by atoms with Crippen LogP contribution in [0.1, 0.15) is 30.7 Å². The van der Waals surface area contributed by atoms with E-state index in [2.05, 4.69) is 17.4 Å².